The number of thioether (sulfide) groups is 1. The van der Waals surface area contributed by atoms with Gasteiger partial charge in [0.25, 0.3) is 0 Å². The number of anilines is 2. The van der Waals surface area contributed by atoms with Gasteiger partial charge in [-0.1, -0.05) is 37.3 Å². The predicted octanol–water partition coefficient (Wildman–Crippen LogP) is 3.12. The summed E-state index contributed by atoms with van der Waals surface area (Å²) in [6, 6.07) is 16.7. The first-order valence-electron chi connectivity index (χ1n) is 13.9. The number of benzene rings is 2. The fourth-order valence-electron chi connectivity index (χ4n) is 6.93. The standard InChI is InChI=1S/C30H38N4O4S/c1-4-33(5-2)22-13-11-21(12-14-22)32-28(37)26-30-19(3)17-23(39-30)24(25(30)29(38)34(26)15-16-35)27(36)31-18-20-9-7-6-8-10-20/h6-14,19,23-26,35H,4-5,15-18H2,1-3H3,(H,31,36)(H,32,37)/t19?,23-,24+,25-,26?,30?/m0/s1. The zero-order valence-corrected chi connectivity index (χ0v) is 23.6. The Morgan fingerprint density at radius 1 is 1.08 bits per heavy atom. The van der Waals surface area contributed by atoms with E-state index in [1.54, 1.807) is 11.8 Å². The number of hydrogen-bond donors (Lipinski definition) is 3. The van der Waals surface area contributed by atoms with Gasteiger partial charge in [0.15, 0.2) is 0 Å². The molecular weight excluding hydrogens is 512 g/mol. The van der Waals surface area contributed by atoms with Crippen molar-refractivity contribution in [2.75, 3.05) is 36.5 Å². The summed E-state index contributed by atoms with van der Waals surface area (Å²) in [4.78, 5) is 45.1. The number of aliphatic hydroxyl groups is 1. The number of hydrogen-bond acceptors (Lipinski definition) is 6. The van der Waals surface area contributed by atoms with E-state index in [0.717, 1.165) is 30.8 Å². The van der Waals surface area contributed by atoms with E-state index in [0.29, 0.717) is 12.2 Å². The Kier molecular flexibility index (Phi) is 7.91. The Balaban J connectivity index is 1.39. The minimum absolute atomic E-state index is 0.0235. The van der Waals surface area contributed by atoms with E-state index >= 15 is 0 Å². The molecule has 3 fully saturated rings. The molecule has 0 radical (unpaired) electrons. The van der Waals surface area contributed by atoms with Crippen LogP contribution in [0.1, 0.15) is 32.8 Å². The quantitative estimate of drug-likeness (QED) is 0.420. The zero-order chi connectivity index (χ0) is 27.7. The second-order valence-electron chi connectivity index (χ2n) is 10.7. The van der Waals surface area contributed by atoms with Crippen LogP contribution in [-0.4, -0.2) is 70.0 Å². The van der Waals surface area contributed by atoms with Crippen molar-refractivity contribution < 1.29 is 19.5 Å². The molecule has 2 aromatic rings. The number of amides is 3. The number of aliphatic hydroxyl groups excluding tert-OH is 1. The van der Waals surface area contributed by atoms with E-state index < -0.39 is 22.6 Å². The van der Waals surface area contributed by atoms with Gasteiger partial charge in [-0.25, -0.2) is 0 Å². The molecular formula is C30H38N4O4S. The maximum atomic E-state index is 13.9. The Bertz CT molecular complexity index is 1210. The van der Waals surface area contributed by atoms with E-state index in [-0.39, 0.29) is 42.0 Å². The Morgan fingerprint density at radius 2 is 1.77 bits per heavy atom. The molecule has 208 valence electrons. The summed E-state index contributed by atoms with van der Waals surface area (Å²) < 4.78 is -0.711. The van der Waals surface area contributed by atoms with Gasteiger partial charge in [-0.3, -0.25) is 14.4 Å². The molecule has 0 aromatic heterocycles. The van der Waals surface area contributed by atoms with Crippen molar-refractivity contribution >= 4 is 40.9 Å². The topological polar surface area (TPSA) is 102 Å². The number of carbonyl (C=O) groups is 3. The summed E-state index contributed by atoms with van der Waals surface area (Å²) in [6.07, 6.45) is 0.771. The molecule has 3 aliphatic heterocycles. The average molecular weight is 551 g/mol. The number of carbonyl (C=O) groups excluding carboxylic acids is 3. The van der Waals surface area contributed by atoms with Gasteiger partial charge in [0.2, 0.25) is 17.7 Å². The number of nitrogens with zero attached hydrogens (tertiary/aromatic N) is 2. The van der Waals surface area contributed by atoms with Crippen LogP contribution in [0.3, 0.4) is 0 Å². The highest BCUT2D eigenvalue weighted by Gasteiger charge is 2.75. The monoisotopic (exact) mass is 550 g/mol. The highest BCUT2D eigenvalue weighted by molar-refractivity contribution is 8.02. The van der Waals surface area contributed by atoms with Crippen LogP contribution in [0, 0.1) is 17.8 Å². The number of nitrogens with one attached hydrogen (secondary N) is 2. The molecule has 8 nitrogen and oxygen atoms in total. The van der Waals surface area contributed by atoms with Crippen molar-refractivity contribution in [1.29, 1.82) is 0 Å². The van der Waals surface area contributed by atoms with Crippen molar-refractivity contribution in [1.82, 2.24) is 10.2 Å². The lowest BCUT2D eigenvalue weighted by atomic mass is 9.66. The van der Waals surface area contributed by atoms with Crippen LogP contribution in [0.2, 0.25) is 0 Å². The summed E-state index contributed by atoms with van der Waals surface area (Å²) in [5, 5.41) is 15.9. The van der Waals surface area contributed by atoms with E-state index in [1.165, 1.54) is 4.90 Å². The summed E-state index contributed by atoms with van der Waals surface area (Å²) >= 11 is 1.64. The molecule has 3 unspecified atom stereocenters. The molecule has 0 saturated carbocycles. The molecule has 2 bridgehead atoms. The van der Waals surface area contributed by atoms with E-state index in [4.69, 9.17) is 0 Å². The molecule has 0 aliphatic carbocycles. The van der Waals surface area contributed by atoms with Crippen LogP contribution in [-0.2, 0) is 20.9 Å². The van der Waals surface area contributed by atoms with E-state index in [2.05, 4.69) is 36.3 Å². The third kappa shape index (κ3) is 4.69. The zero-order valence-electron chi connectivity index (χ0n) is 22.8. The SMILES string of the molecule is CCN(CC)c1ccc(NC(=O)C2N(CCO)C(=O)[C@@H]3[C@H](C(=O)NCc4ccccc4)[C@@H]4CC(C)C23S4)cc1. The molecule has 6 atom stereocenters. The molecule has 3 amide bonds. The lowest BCUT2D eigenvalue weighted by molar-refractivity contribution is -0.140. The first-order valence-corrected chi connectivity index (χ1v) is 14.8. The van der Waals surface area contributed by atoms with Crippen LogP contribution in [0.25, 0.3) is 0 Å². The smallest absolute Gasteiger partial charge is 0.248 e. The first-order chi connectivity index (χ1) is 18.8. The maximum Gasteiger partial charge on any atom is 0.248 e. The molecule has 5 rings (SSSR count). The van der Waals surface area contributed by atoms with E-state index in [1.807, 2.05) is 54.6 Å². The third-order valence-electron chi connectivity index (χ3n) is 8.71. The van der Waals surface area contributed by atoms with Gasteiger partial charge in [0.05, 0.1) is 23.2 Å². The maximum absolute atomic E-state index is 13.9. The lowest BCUT2D eigenvalue weighted by Crippen LogP contribution is -2.55. The van der Waals surface area contributed by atoms with Gasteiger partial charge in [0.1, 0.15) is 6.04 Å². The van der Waals surface area contributed by atoms with E-state index in [9.17, 15) is 19.5 Å². The van der Waals surface area contributed by atoms with Crippen molar-refractivity contribution in [3.8, 4) is 0 Å². The Labute approximate surface area is 234 Å². The fourth-order valence-corrected chi connectivity index (χ4v) is 9.35. The molecule has 9 heteroatoms. The second-order valence-corrected chi connectivity index (χ2v) is 12.3. The van der Waals surface area contributed by atoms with Gasteiger partial charge < -0.3 is 25.5 Å². The van der Waals surface area contributed by atoms with Crippen LogP contribution in [0.4, 0.5) is 11.4 Å². The molecule has 39 heavy (non-hydrogen) atoms. The highest BCUT2D eigenvalue weighted by Crippen LogP contribution is 2.68. The number of rotatable bonds is 10. The van der Waals surface area contributed by atoms with Gasteiger partial charge >= 0.3 is 0 Å². The summed E-state index contributed by atoms with van der Waals surface area (Å²) in [7, 11) is 0. The summed E-state index contributed by atoms with van der Waals surface area (Å²) in [5.74, 6) is -1.64. The summed E-state index contributed by atoms with van der Waals surface area (Å²) in [5.41, 5.74) is 2.74. The average Bonchev–Trinajstić information content (AvgIpc) is 3.53. The third-order valence-corrected chi connectivity index (χ3v) is 10.8. The van der Waals surface area contributed by atoms with Crippen molar-refractivity contribution in [2.45, 2.75) is 49.8 Å². The molecule has 3 aliphatic rings. The fraction of sp³-hybridized carbons (Fsp3) is 0.500. The van der Waals surface area contributed by atoms with Crippen LogP contribution < -0.4 is 15.5 Å². The van der Waals surface area contributed by atoms with Crippen molar-refractivity contribution in [3.63, 3.8) is 0 Å². The minimum Gasteiger partial charge on any atom is -0.395 e. The van der Waals surface area contributed by atoms with Gasteiger partial charge in [0, 0.05) is 42.8 Å². The van der Waals surface area contributed by atoms with Gasteiger partial charge in [-0.05, 0) is 56.0 Å². The minimum atomic E-state index is -0.762. The van der Waals surface area contributed by atoms with Crippen molar-refractivity contribution in [3.05, 3.63) is 60.2 Å². The molecule has 3 N–H and O–H groups in total. The molecule has 1 spiro atoms. The number of likely N-dealkylation sites (tertiary alicyclic amines) is 1. The largest absolute Gasteiger partial charge is 0.395 e. The van der Waals surface area contributed by atoms with Crippen LogP contribution >= 0.6 is 11.8 Å². The Morgan fingerprint density at radius 3 is 2.41 bits per heavy atom. The van der Waals surface area contributed by atoms with Crippen LogP contribution in [0.5, 0.6) is 0 Å². The Hall–Kier alpha value is -3.04. The second kappa shape index (κ2) is 11.2. The normalized spacial score (nSPS) is 28.9. The number of β-amino-alcohol motifs (C(OH)–C–C–N with tert-alkyl or cyclic N) is 1. The molecule has 3 saturated heterocycles. The molecule has 2 aromatic carbocycles. The van der Waals surface area contributed by atoms with Crippen molar-refractivity contribution in [2.24, 2.45) is 17.8 Å². The lowest BCUT2D eigenvalue weighted by Gasteiger charge is -2.38. The molecule has 3 heterocycles. The number of fused-ring (bicyclic) bond motifs is 1. The summed E-state index contributed by atoms with van der Waals surface area (Å²) in [6.45, 7) is 8.29. The van der Waals surface area contributed by atoms with Gasteiger partial charge in [-0.15, -0.1) is 11.8 Å². The highest BCUT2D eigenvalue weighted by atomic mass is 32.2. The van der Waals surface area contributed by atoms with Gasteiger partial charge in [-0.2, -0.15) is 0 Å². The predicted molar refractivity (Wildman–Crippen MR) is 154 cm³/mol. The first kappa shape index (κ1) is 27.5. The van der Waals surface area contributed by atoms with Crippen LogP contribution in [0.15, 0.2) is 54.6 Å².